The highest BCUT2D eigenvalue weighted by atomic mass is 32.2. The number of piperazine rings is 1. The van der Waals surface area contributed by atoms with Crippen molar-refractivity contribution in [1.29, 1.82) is 5.26 Å². The maximum absolute atomic E-state index is 13.6. The molecular formula is C28H40N6O6S. The van der Waals surface area contributed by atoms with Crippen molar-refractivity contribution in [2.24, 2.45) is 0 Å². The fraction of sp³-hybridized carbons (Fsp3) is 0.643. The molecule has 3 aliphatic heterocycles. The third kappa shape index (κ3) is 7.50. The number of ether oxygens (including phenoxy) is 1. The van der Waals surface area contributed by atoms with Gasteiger partial charge in [0.25, 0.3) is 0 Å². The van der Waals surface area contributed by atoms with Gasteiger partial charge in [0.15, 0.2) is 0 Å². The predicted molar refractivity (Wildman–Crippen MR) is 151 cm³/mol. The number of hydrogen-bond acceptors (Lipinski definition) is 10. The largest absolute Gasteiger partial charge is 0.444 e. The van der Waals surface area contributed by atoms with Crippen molar-refractivity contribution in [3.63, 3.8) is 0 Å². The molecule has 3 heterocycles. The first-order valence-electron chi connectivity index (χ1n) is 13.9. The van der Waals surface area contributed by atoms with E-state index in [2.05, 4.69) is 11.4 Å². The molecule has 12 nitrogen and oxygen atoms in total. The fourth-order valence-electron chi connectivity index (χ4n) is 5.71. The number of benzene rings is 1. The quantitative estimate of drug-likeness (QED) is 0.248. The van der Waals surface area contributed by atoms with Crippen molar-refractivity contribution in [3.8, 4) is 6.07 Å². The number of hydroxylamine groups is 2. The maximum Gasteiger partial charge on any atom is 0.408 e. The molecule has 0 unspecified atom stereocenters. The number of alkyl carbamates (subject to hydrolysis) is 1. The lowest BCUT2D eigenvalue weighted by molar-refractivity contribution is -0.340. The van der Waals surface area contributed by atoms with E-state index in [1.807, 2.05) is 41.0 Å². The van der Waals surface area contributed by atoms with Crippen LogP contribution in [0.2, 0.25) is 0 Å². The van der Waals surface area contributed by atoms with Crippen LogP contribution in [0.3, 0.4) is 0 Å². The van der Waals surface area contributed by atoms with Gasteiger partial charge in [-0.15, -0.1) is 9.32 Å². The normalized spacial score (nSPS) is 24.0. The topological polar surface area (TPSA) is 128 Å². The molecule has 3 saturated heterocycles. The second-order valence-electron chi connectivity index (χ2n) is 11.9. The van der Waals surface area contributed by atoms with Gasteiger partial charge in [-0.3, -0.25) is 14.5 Å². The van der Waals surface area contributed by atoms with Gasteiger partial charge in [-0.1, -0.05) is 12.1 Å². The number of nitrogens with one attached hydrogen (secondary N) is 1. The molecule has 0 aromatic heterocycles. The lowest BCUT2D eigenvalue weighted by Gasteiger charge is -2.39. The summed E-state index contributed by atoms with van der Waals surface area (Å²) in [5.41, 5.74) is 0.274. The van der Waals surface area contributed by atoms with Gasteiger partial charge in [-0.2, -0.15) is 10.3 Å². The smallest absolute Gasteiger partial charge is 0.408 e. The van der Waals surface area contributed by atoms with Crippen LogP contribution < -0.4 is 5.32 Å². The third-order valence-corrected chi connectivity index (χ3v) is 8.09. The Hall–Kier alpha value is -2.89. The molecule has 0 aliphatic carbocycles. The van der Waals surface area contributed by atoms with Gasteiger partial charge in [-0.25, -0.2) is 4.79 Å². The Morgan fingerprint density at radius 3 is 2.56 bits per heavy atom. The van der Waals surface area contributed by atoms with E-state index in [0.717, 1.165) is 28.9 Å². The summed E-state index contributed by atoms with van der Waals surface area (Å²) < 4.78 is 10.5. The second kappa shape index (κ2) is 13.0. The first-order valence-corrected chi connectivity index (χ1v) is 14.7. The molecule has 0 radical (unpaired) electrons. The molecule has 0 spiro atoms. The zero-order chi connectivity index (χ0) is 29.9. The van der Waals surface area contributed by atoms with Crippen LogP contribution in [0.4, 0.5) is 4.79 Å². The lowest BCUT2D eigenvalue weighted by atomic mass is 10.1. The van der Waals surface area contributed by atoms with Gasteiger partial charge in [0, 0.05) is 44.7 Å². The van der Waals surface area contributed by atoms with Crippen LogP contribution in [0.1, 0.15) is 58.6 Å². The summed E-state index contributed by atoms with van der Waals surface area (Å²) >= 11 is 1.10. The molecule has 0 saturated carbocycles. The van der Waals surface area contributed by atoms with Crippen LogP contribution in [0.25, 0.3) is 0 Å². The average molecular weight is 589 g/mol. The van der Waals surface area contributed by atoms with Crippen molar-refractivity contribution in [2.45, 2.75) is 87.7 Å². The Morgan fingerprint density at radius 2 is 1.95 bits per heavy atom. The summed E-state index contributed by atoms with van der Waals surface area (Å²) in [7, 11) is 3.45. The zero-order valence-corrected chi connectivity index (χ0v) is 25.3. The maximum atomic E-state index is 13.6. The molecule has 3 aliphatic rings. The van der Waals surface area contributed by atoms with Gasteiger partial charge in [0.1, 0.15) is 17.7 Å². The number of likely N-dealkylation sites (tertiary alicyclic amines) is 3. The van der Waals surface area contributed by atoms with Crippen molar-refractivity contribution < 1.29 is 28.4 Å². The molecular weight excluding hydrogens is 548 g/mol. The first-order chi connectivity index (χ1) is 19.4. The first kappa shape index (κ1) is 31.1. The Balaban J connectivity index is 1.41. The summed E-state index contributed by atoms with van der Waals surface area (Å²) in [4.78, 5) is 51.0. The molecule has 41 heavy (non-hydrogen) atoms. The van der Waals surface area contributed by atoms with E-state index in [1.54, 1.807) is 34.9 Å². The van der Waals surface area contributed by atoms with Gasteiger partial charge in [0.2, 0.25) is 11.8 Å². The summed E-state index contributed by atoms with van der Waals surface area (Å²) in [6, 6.07) is 8.02. The van der Waals surface area contributed by atoms with Gasteiger partial charge < -0.3 is 19.9 Å². The Kier molecular flexibility index (Phi) is 9.81. The summed E-state index contributed by atoms with van der Waals surface area (Å²) in [5, 5.41) is 13.7. The fourth-order valence-corrected chi connectivity index (χ4v) is 6.19. The van der Waals surface area contributed by atoms with Gasteiger partial charge in [0.05, 0.1) is 30.2 Å². The second-order valence-corrected chi connectivity index (χ2v) is 12.7. The summed E-state index contributed by atoms with van der Waals surface area (Å²) in [6.45, 7) is 8.50. The molecule has 4 rings (SSSR count). The van der Waals surface area contributed by atoms with Crippen molar-refractivity contribution in [3.05, 3.63) is 29.8 Å². The highest BCUT2D eigenvalue weighted by molar-refractivity contribution is 7.94. The lowest BCUT2D eigenvalue weighted by Crippen LogP contribution is -2.59. The van der Waals surface area contributed by atoms with E-state index in [-0.39, 0.29) is 36.5 Å². The Labute approximate surface area is 245 Å². The van der Waals surface area contributed by atoms with Crippen LogP contribution >= 0.6 is 12.0 Å². The number of hydrogen-bond donors (Lipinski definition) is 1. The Morgan fingerprint density at radius 1 is 1.24 bits per heavy atom. The molecule has 5 atom stereocenters. The molecule has 2 bridgehead atoms. The van der Waals surface area contributed by atoms with Crippen molar-refractivity contribution in [2.75, 3.05) is 33.7 Å². The van der Waals surface area contributed by atoms with E-state index < -0.39 is 23.8 Å². The summed E-state index contributed by atoms with van der Waals surface area (Å²) in [6.07, 6.45) is 1.30. The van der Waals surface area contributed by atoms with Crippen LogP contribution in [0.15, 0.2) is 29.2 Å². The van der Waals surface area contributed by atoms with Gasteiger partial charge >= 0.3 is 6.09 Å². The van der Waals surface area contributed by atoms with Gasteiger partial charge in [-0.05, 0) is 64.7 Å². The molecule has 13 heteroatoms. The minimum Gasteiger partial charge on any atom is -0.444 e. The minimum atomic E-state index is -0.930. The van der Waals surface area contributed by atoms with Crippen molar-refractivity contribution in [1.82, 2.24) is 25.1 Å². The number of carbonyl (C=O) groups excluding carboxylic acids is 3. The number of nitriles is 1. The number of carbonyl (C=O) groups is 3. The Bertz CT molecular complexity index is 1150. The molecule has 1 aromatic rings. The third-order valence-electron chi connectivity index (χ3n) is 7.49. The summed E-state index contributed by atoms with van der Waals surface area (Å²) in [5.74, 6) is -0.312. The standard InChI is InChI=1S/C28H40N6O6S/c1-18(19-9-11-22(12-10-19)41-40-39-31(5)6)34-21-14-24(26(34)36)32(16-21)17-23(30-27(37)38-28(2,3)4)25(35)33-13-7-8-20(33)15-29/h9-12,18,20-21,23-24H,7-8,13-14,16-17H2,1-6H3,(H,30,37)/t18-,20-,21-,23-,24-/m0/s1. The highest BCUT2D eigenvalue weighted by Gasteiger charge is 2.52. The molecule has 1 aromatic carbocycles. The number of nitrogens with zero attached hydrogens (tertiary/aromatic N) is 5. The van der Waals surface area contributed by atoms with Crippen LogP contribution in [-0.2, 0) is 23.6 Å². The SMILES string of the molecule is C[C@@H](c1ccc(SOON(C)C)cc1)N1C(=O)[C@@H]2C[C@H]1CN2C[C@H](NC(=O)OC(C)(C)C)C(=O)N1CCC[C@H]1C#N. The minimum absolute atomic E-state index is 0.00876. The molecule has 224 valence electrons. The van der Waals surface area contributed by atoms with Crippen molar-refractivity contribution >= 4 is 30.0 Å². The number of rotatable bonds is 10. The zero-order valence-electron chi connectivity index (χ0n) is 24.5. The van der Waals surface area contributed by atoms with Crippen LogP contribution in [-0.4, -0.2) is 101 Å². The monoisotopic (exact) mass is 588 g/mol. The van der Waals surface area contributed by atoms with Crippen LogP contribution in [0, 0.1) is 11.3 Å². The molecule has 3 fully saturated rings. The molecule has 3 amide bonds. The van der Waals surface area contributed by atoms with E-state index >= 15 is 0 Å². The van der Waals surface area contributed by atoms with E-state index in [1.165, 1.54) is 9.96 Å². The molecule has 1 N–H and O–H groups in total. The van der Waals surface area contributed by atoms with E-state index in [9.17, 15) is 19.6 Å². The average Bonchev–Trinajstić information content (AvgIpc) is 3.61. The van der Waals surface area contributed by atoms with Crippen LogP contribution in [0.5, 0.6) is 0 Å². The number of fused-ring (bicyclic) bond motifs is 2. The number of amides is 3. The van der Waals surface area contributed by atoms with E-state index in [4.69, 9.17) is 14.1 Å². The highest BCUT2D eigenvalue weighted by Crippen LogP contribution is 2.38. The van der Waals surface area contributed by atoms with E-state index in [0.29, 0.717) is 25.9 Å². The predicted octanol–water partition coefficient (Wildman–Crippen LogP) is 2.87.